The second-order valence-electron chi connectivity index (χ2n) is 5.02. The molecule has 0 aliphatic heterocycles. The Morgan fingerprint density at radius 2 is 1.78 bits per heavy atom. The number of nitrogens with zero attached hydrogens (tertiary/aromatic N) is 2. The zero-order chi connectivity index (χ0) is 12.1. The molecule has 0 unspecified atom stereocenters. The molecule has 0 amide bonds. The predicted octanol–water partition coefficient (Wildman–Crippen LogP) is -0.649. The lowest BCUT2D eigenvalue weighted by molar-refractivity contribution is -0.735. The number of rotatable bonds is 4. The Balaban J connectivity index is 0.00000162. The number of pyridine rings is 1. The van der Waals surface area contributed by atoms with Crippen molar-refractivity contribution in [3.63, 3.8) is 0 Å². The molecule has 0 saturated heterocycles. The lowest BCUT2D eigenvalue weighted by Crippen LogP contribution is -3.00. The first-order valence-corrected chi connectivity index (χ1v) is 6.54. The molecule has 1 aromatic rings. The van der Waals surface area contributed by atoms with Crippen molar-refractivity contribution in [2.24, 2.45) is 0 Å². The fraction of sp³-hybridized carbons (Fsp3) is 0.643. The van der Waals surface area contributed by atoms with Gasteiger partial charge in [-0.2, -0.15) is 4.57 Å². The van der Waals surface area contributed by atoms with Crippen molar-refractivity contribution >= 4 is 5.69 Å². The summed E-state index contributed by atoms with van der Waals surface area (Å²) in [7, 11) is 4.11. The van der Waals surface area contributed by atoms with Crippen molar-refractivity contribution in [3.8, 4) is 0 Å². The molecule has 4 heteroatoms. The molecule has 0 aromatic carbocycles. The van der Waals surface area contributed by atoms with E-state index in [0.29, 0.717) is 12.8 Å². The summed E-state index contributed by atoms with van der Waals surface area (Å²) in [6.07, 6.45) is 11.1. The molecule has 0 spiro atoms. The number of halogens is 1. The van der Waals surface area contributed by atoms with Gasteiger partial charge in [0, 0.05) is 31.9 Å². The molecule has 1 aromatic heterocycles. The van der Waals surface area contributed by atoms with Crippen LogP contribution in [0.4, 0.5) is 5.69 Å². The molecule has 18 heavy (non-hydrogen) atoms. The highest BCUT2D eigenvalue weighted by Gasteiger charge is 2.15. The van der Waals surface area contributed by atoms with Crippen molar-refractivity contribution in [2.75, 3.05) is 19.0 Å². The average Bonchev–Trinajstić information content (AvgIpc) is 2.38. The fourth-order valence-electron chi connectivity index (χ4n) is 2.26. The minimum atomic E-state index is 0. The third kappa shape index (κ3) is 4.46. The molecule has 0 bridgehead atoms. The molecule has 1 heterocycles. The molecular weight excluding hydrogens is 248 g/mol. The van der Waals surface area contributed by atoms with Crippen LogP contribution in [0.1, 0.15) is 32.1 Å². The van der Waals surface area contributed by atoms with Crippen LogP contribution in [0.15, 0.2) is 24.5 Å². The normalized spacial score (nSPS) is 16.1. The van der Waals surface area contributed by atoms with E-state index in [0.717, 1.165) is 0 Å². The summed E-state index contributed by atoms with van der Waals surface area (Å²) >= 11 is 0. The van der Waals surface area contributed by atoms with Crippen molar-refractivity contribution in [1.29, 1.82) is 0 Å². The molecule has 0 N–H and O–H groups in total. The van der Waals surface area contributed by atoms with Crippen molar-refractivity contribution < 1.29 is 21.7 Å². The van der Waals surface area contributed by atoms with E-state index in [4.69, 9.17) is 4.74 Å². The molecule has 2 rings (SSSR count). The standard InChI is InChI=1S/C14H23N2O.ClH/c1-15(2)13-8-10-16(11-9-13)12-17-14-6-4-3-5-7-14;/h8-11,14H,3-7,12H2,1-2H3;1H/q+1;/p-1. The zero-order valence-electron chi connectivity index (χ0n) is 11.3. The minimum absolute atomic E-state index is 0. The van der Waals surface area contributed by atoms with Gasteiger partial charge in [-0.15, -0.1) is 0 Å². The zero-order valence-corrected chi connectivity index (χ0v) is 12.1. The van der Waals surface area contributed by atoms with E-state index in [1.807, 2.05) is 0 Å². The van der Waals surface area contributed by atoms with Gasteiger partial charge in [-0.3, -0.25) is 0 Å². The van der Waals surface area contributed by atoms with E-state index in [1.165, 1.54) is 37.8 Å². The van der Waals surface area contributed by atoms with Crippen LogP contribution in [0, 0.1) is 0 Å². The van der Waals surface area contributed by atoms with Crippen molar-refractivity contribution in [1.82, 2.24) is 0 Å². The maximum Gasteiger partial charge on any atom is 0.252 e. The highest BCUT2D eigenvalue weighted by molar-refractivity contribution is 5.41. The largest absolute Gasteiger partial charge is 1.00 e. The van der Waals surface area contributed by atoms with Gasteiger partial charge in [-0.05, 0) is 12.8 Å². The van der Waals surface area contributed by atoms with E-state index < -0.39 is 0 Å². The van der Waals surface area contributed by atoms with Gasteiger partial charge in [0.1, 0.15) is 0 Å². The Morgan fingerprint density at radius 1 is 1.17 bits per heavy atom. The van der Waals surface area contributed by atoms with Crippen LogP contribution in [0.25, 0.3) is 0 Å². The Kier molecular flexibility index (Phi) is 6.44. The van der Waals surface area contributed by atoms with Crippen molar-refractivity contribution in [2.45, 2.75) is 44.9 Å². The highest BCUT2D eigenvalue weighted by Crippen LogP contribution is 2.20. The second-order valence-corrected chi connectivity index (χ2v) is 5.02. The Bertz CT molecular complexity index is 334. The summed E-state index contributed by atoms with van der Waals surface area (Å²) in [5.74, 6) is 0. The average molecular weight is 271 g/mol. The van der Waals surface area contributed by atoms with E-state index in [-0.39, 0.29) is 12.4 Å². The van der Waals surface area contributed by atoms with E-state index in [1.54, 1.807) is 0 Å². The molecule has 1 aliphatic rings. The van der Waals surface area contributed by atoms with Gasteiger partial charge in [0.05, 0.1) is 6.10 Å². The van der Waals surface area contributed by atoms with Crippen LogP contribution in [-0.2, 0) is 11.5 Å². The van der Waals surface area contributed by atoms with Crippen LogP contribution < -0.4 is 21.9 Å². The van der Waals surface area contributed by atoms with E-state index in [2.05, 4.69) is 48.1 Å². The Morgan fingerprint density at radius 3 is 2.33 bits per heavy atom. The monoisotopic (exact) mass is 270 g/mol. The quantitative estimate of drug-likeness (QED) is 0.677. The minimum Gasteiger partial charge on any atom is -1.00 e. The van der Waals surface area contributed by atoms with Gasteiger partial charge in [0.2, 0.25) is 0 Å². The van der Waals surface area contributed by atoms with Crippen molar-refractivity contribution in [3.05, 3.63) is 24.5 Å². The lowest BCUT2D eigenvalue weighted by atomic mass is 9.98. The van der Waals surface area contributed by atoms with Crippen LogP contribution in [0.3, 0.4) is 0 Å². The van der Waals surface area contributed by atoms with Gasteiger partial charge in [0.25, 0.3) is 6.73 Å². The topological polar surface area (TPSA) is 16.4 Å². The molecule has 0 atom stereocenters. The van der Waals surface area contributed by atoms with Gasteiger partial charge >= 0.3 is 0 Å². The van der Waals surface area contributed by atoms with Gasteiger partial charge in [-0.25, -0.2) is 0 Å². The molecular formula is C14H23ClN2O. The first kappa shape index (κ1) is 15.3. The van der Waals surface area contributed by atoms with Gasteiger partial charge in [-0.1, -0.05) is 19.3 Å². The molecule has 1 aliphatic carbocycles. The fourth-order valence-corrected chi connectivity index (χ4v) is 2.26. The van der Waals surface area contributed by atoms with Gasteiger partial charge < -0.3 is 22.0 Å². The summed E-state index contributed by atoms with van der Waals surface area (Å²) < 4.78 is 8.02. The number of hydrogen-bond acceptors (Lipinski definition) is 2. The molecule has 1 saturated carbocycles. The summed E-state index contributed by atoms with van der Waals surface area (Å²) in [6, 6.07) is 4.23. The van der Waals surface area contributed by atoms with E-state index in [9.17, 15) is 0 Å². The van der Waals surface area contributed by atoms with Crippen LogP contribution in [0.2, 0.25) is 0 Å². The van der Waals surface area contributed by atoms with Crippen LogP contribution >= 0.6 is 0 Å². The SMILES string of the molecule is CN(C)c1cc[n+](COC2CCCCC2)cc1.[Cl-]. The molecule has 0 radical (unpaired) electrons. The molecule has 1 fully saturated rings. The maximum atomic E-state index is 5.92. The third-order valence-electron chi connectivity index (χ3n) is 3.40. The maximum absolute atomic E-state index is 5.92. The summed E-state index contributed by atoms with van der Waals surface area (Å²) in [4.78, 5) is 2.10. The summed E-state index contributed by atoms with van der Waals surface area (Å²) in [6.45, 7) is 0.679. The number of hydrogen-bond donors (Lipinski definition) is 0. The Hall–Kier alpha value is -0.800. The molecule has 3 nitrogen and oxygen atoms in total. The summed E-state index contributed by atoms with van der Waals surface area (Å²) in [5.41, 5.74) is 1.22. The number of ether oxygens (including phenoxy) is 1. The second kappa shape index (κ2) is 7.59. The number of aromatic nitrogens is 1. The first-order chi connectivity index (χ1) is 8.25. The first-order valence-electron chi connectivity index (χ1n) is 6.54. The molecule has 102 valence electrons. The van der Waals surface area contributed by atoms with Crippen LogP contribution in [0.5, 0.6) is 0 Å². The number of anilines is 1. The smallest absolute Gasteiger partial charge is 0.252 e. The Labute approximate surface area is 116 Å². The highest BCUT2D eigenvalue weighted by atomic mass is 35.5. The van der Waals surface area contributed by atoms with Crippen LogP contribution in [-0.4, -0.2) is 20.2 Å². The third-order valence-corrected chi connectivity index (χ3v) is 3.40. The summed E-state index contributed by atoms with van der Waals surface area (Å²) in [5, 5.41) is 0. The van der Waals surface area contributed by atoms with E-state index >= 15 is 0 Å². The van der Waals surface area contributed by atoms with Gasteiger partial charge in [0.15, 0.2) is 12.4 Å². The lowest BCUT2D eigenvalue weighted by Gasteiger charge is -2.20. The predicted molar refractivity (Wildman–Crippen MR) is 68.9 cm³/mol.